The molecule has 7 nitrogen and oxygen atoms in total. The van der Waals surface area contributed by atoms with Gasteiger partial charge in [-0.25, -0.2) is 4.79 Å². The average molecular weight is 376 g/mol. The topological polar surface area (TPSA) is 92.9 Å². The molecule has 0 saturated heterocycles. The van der Waals surface area contributed by atoms with E-state index in [4.69, 9.17) is 4.52 Å². The molecule has 0 saturated carbocycles. The lowest BCUT2D eigenvalue weighted by Crippen LogP contribution is -2.17. The summed E-state index contributed by atoms with van der Waals surface area (Å²) in [6, 6.07) is 13.5. The van der Waals surface area contributed by atoms with Crippen molar-refractivity contribution < 1.29 is 9.32 Å². The number of hydrogen-bond acceptors (Lipinski definition) is 4. The van der Waals surface area contributed by atoms with E-state index in [1.165, 1.54) is 6.92 Å². The zero-order valence-corrected chi connectivity index (χ0v) is 15.9. The highest BCUT2D eigenvalue weighted by atomic mass is 16.5. The van der Waals surface area contributed by atoms with Crippen molar-refractivity contribution >= 4 is 22.6 Å². The Morgan fingerprint density at radius 1 is 1.21 bits per heavy atom. The minimum Gasteiger partial charge on any atom is -0.361 e. The number of fused-ring (bicyclic) bond motifs is 1. The van der Waals surface area contributed by atoms with Gasteiger partial charge in [0.15, 0.2) is 0 Å². The Bertz CT molecular complexity index is 1210. The van der Waals surface area contributed by atoms with Crippen LogP contribution in [-0.2, 0) is 11.3 Å². The van der Waals surface area contributed by atoms with Crippen molar-refractivity contribution in [1.29, 1.82) is 0 Å². The summed E-state index contributed by atoms with van der Waals surface area (Å²) in [5, 5.41) is 6.84. The number of hydrogen-bond donors (Lipinski definition) is 2. The van der Waals surface area contributed by atoms with E-state index in [-0.39, 0.29) is 11.6 Å². The SMILES string of the molecule is CC(=O)Nc1cc(-c2c(C)noc2C)cc2c1[nH]c(=O)n2Cc1ccccc1. The second-order valence-corrected chi connectivity index (χ2v) is 6.80. The van der Waals surface area contributed by atoms with Gasteiger partial charge in [-0.1, -0.05) is 35.5 Å². The zero-order chi connectivity index (χ0) is 19.8. The Balaban J connectivity index is 1.96. The molecule has 1 amide bonds. The Hall–Kier alpha value is -3.61. The van der Waals surface area contributed by atoms with Crippen molar-refractivity contribution in [3.63, 3.8) is 0 Å². The van der Waals surface area contributed by atoms with Crippen LogP contribution in [0.15, 0.2) is 51.8 Å². The molecule has 0 radical (unpaired) electrons. The first kappa shape index (κ1) is 17.8. The van der Waals surface area contributed by atoms with Crippen molar-refractivity contribution in [1.82, 2.24) is 14.7 Å². The van der Waals surface area contributed by atoms with Gasteiger partial charge in [-0.3, -0.25) is 9.36 Å². The number of rotatable bonds is 4. The molecule has 2 aromatic heterocycles. The molecule has 2 heterocycles. The van der Waals surface area contributed by atoms with Gasteiger partial charge in [0.05, 0.1) is 29.0 Å². The first-order chi connectivity index (χ1) is 13.4. The summed E-state index contributed by atoms with van der Waals surface area (Å²) in [6.45, 7) is 5.56. The molecule has 4 aromatic rings. The van der Waals surface area contributed by atoms with E-state index >= 15 is 0 Å². The van der Waals surface area contributed by atoms with Gasteiger partial charge in [-0.15, -0.1) is 0 Å². The Morgan fingerprint density at radius 3 is 2.61 bits per heavy atom. The molecule has 0 aliphatic rings. The van der Waals surface area contributed by atoms with Crippen LogP contribution >= 0.6 is 0 Å². The molecule has 2 aromatic carbocycles. The van der Waals surface area contributed by atoms with E-state index in [9.17, 15) is 9.59 Å². The van der Waals surface area contributed by atoms with E-state index in [0.717, 1.165) is 22.4 Å². The molecule has 0 bridgehead atoms. The number of benzene rings is 2. The maximum atomic E-state index is 12.7. The number of carbonyl (C=O) groups excluding carboxylic acids is 1. The molecule has 4 rings (SSSR count). The average Bonchev–Trinajstić information content (AvgIpc) is 3.15. The third-order valence-electron chi connectivity index (χ3n) is 4.70. The predicted octanol–water partition coefficient (Wildman–Crippen LogP) is 3.61. The minimum atomic E-state index is -0.235. The fourth-order valence-corrected chi connectivity index (χ4v) is 3.51. The molecule has 0 aliphatic carbocycles. The minimum absolute atomic E-state index is 0.214. The van der Waals surface area contributed by atoms with E-state index < -0.39 is 0 Å². The maximum absolute atomic E-state index is 12.7. The van der Waals surface area contributed by atoms with E-state index in [1.54, 1.807) is 4.57 Å². The van der Waals surface area contributed by atoms with Crippen LogP contribution in [0.5, 0.6) is 0 Å². The standard InChI is InChI=1S/C21H20N4O3/c1-12-19(13(2)28-24-12)16-9-17(22-14(3)26)20-18(10-16)25(21(27)23-20)11-15-7-5-4-6-8-15/h4-10H,11H2,1-3H3,(H,22,26)(H,23,27). The number of carbonyl (C=O) groups is 1. The first-order valence-electron chi connectivity index (χ1n) is 8.95. The number of nitrogens with zero attached hydrogens (tertiary/aromatic N) is 2. The third-order valence-corrected chi connectivity index (χ3v) is 4.70. The van der Waals surface area contributed by atoms with Gasteiger partial charge in [-0.05, 0) is 37.1 Å². The fourth-order valence-electron chi connectivity index (χ4n) is 3.51. The summed E-state index contributed by atoms with van der Waals surface area (Å²) >= 11 is 0. The highest BCUT2D eigenvalue weighted by molar-refractivity contribution is 6.01. The summed E-state index contributed by atoms with van der Waals surface area (Å²) in [7, 11) is 0. The van der Waals surface area contributed by atoms with Gasteiger partial charge in [0.25, 0.3) is 0 Å². The Labute approximate surface area is 161 Å². The van der Waals surface area contributed by atoms with Crippen molar-refractivity contribution in [2.24, 2.45) is 0 Å². The molecule has 28 heavy (non-hydrogen) atoms. The molecular weight excluding hydrogens is 356 g/mol. The van der Waals surface area contributed by atoms with Gasteiger partial charge in [0, 0.05) is 12.5 Å². The number of imidazole rings is 1. The molecule has 0 atom stereocenters. The van der Waals surface area contributed by atoms with Crippen LogP contribution in [0.1, 0.15) is 23.9 Å². The van der Waals surface area contributed by atoms with Gasteiger partial charge < -0.3 is 14.8 Å². The predicted molar refractivity (Wildman–Crippen MR) is 107 cm³/mol. The molecule has 0 aliphatic heterocycles. The molecule has 142 valence electrons. The van der Waals surface area contributed by atoms with Crippen molar-refractivity contribution in [3.8, 4) is 11.1 Å². The van der Waals surface area contributed by atoms with E-state index in [0.29, 0.717) is 29.0 Å². The van der Waals surface area contributed by atoms with Crippen LogP contribution in [0.3, 0.4) is 0 Å². The summed E-state index contributed by atoms with van der Waals surface area (Å²) < 4.78 is 6.96. The molecule has 0 spiro atoms. The smallest absolute Gasteiger partial charge is 0.326 e. The lowest BCUT2D eigenvalue weighted by atomic mass is 10.0. The monoisotopic (exact) mass is 376 g/mol. The van der Waals surface area contributed by atoms with Crippen LogP contribution in [0.25, 0.3) is 22.2 Å². The van der Waals surface area contributed by atoms with Crippen LogP contribution < -0.4 is 11.0 Å². The van der Waals surface area contributed by atoms with E-state index in [1.807, 2.05) is 56.3 Å². The number of aryl methyl sites for hydroxylation is 2. The molecule has 2 N–H and O–H groups in total. The second-order valence-electron chi connectivity index (χ2n) is 6.80. The third kappa shape index (κ3) is 3.11. The van der Waals surface area contributed by atoms with Gasteiger partial charge in [0.2, 0.25) is 5.91 Å². The molecule has 0 unspecified atom stereocenters. The van der Waals surface area contributed by atoms with Gasteiger partial charge in [-0.2, -0.15) is 0 Å². The van der Waals surface area contributed by atoms with Crippen LogP contribution in [-0.4, -0.2) is 20.6 Å². The van der Waals surface area contributed by atoms with Crippen LogP contribution in [0.4, 0.5) is 5.69 Å². The number of anilines is 1. The fraction of sp³-hybridized carbons (Fsp3) is 0.190. The summed E-state index contributed by atoms with van der Waals surface area (Å²) in [4.78, 5) is 27.3. The largest absolute Gasteiger partial charge is 0.361 e. The van der Waals surface area contributed by atoms with Crippen molar-refractivity contribution in [2.45, 2.75) is 27.3 Å². The van der Waals surface area contributed by atoms with Crippen LogP contribution in [0, 0.1) is 13.8 Å². The number of aromatic nitrogens is 3. The zero-order valence-electron chi connectivity index (χ0n) is 15.9. The highest BCUT2D eigenvalue weighted by Gasteiger charge is 2.18. The van der Waals surface area contributed by atoms with E-state index in [2.05, 4.69) is 15.5 Å². The highest BCUT2D eigenvalue weighted by Crippen LogP contribution is 2.33. The molecular formula is C21H20N4O3. The Morgan fingerprint density at radius 2 is 1.96 bits per heavy atom. The lowest BCUT2D eigenvalue weighted by molar-refractivity contribution is -0.114. The molecule has 7 heteroatoms. The molecule has 0 fully saturated rings. The quantitative estimate of drug-likeness (QED) is 0.569. The summed E-state index contributed by atoms with van der Waals surface area (Å²) in [5.74, 6) is 0.465. The number of aromatic amines is 1. The van der Waals surface area contributed by atoms with Crippen molar-refractivity contribution in [3.05, 3.63) is 70.0 Å². The van der Waals surface area contributed by atoms with Crippen molar-refractivity contribution in [2.75, 3.05) is 5.32 Å². The maximum Gasteiger partial charge on any atom is 0.326 e. The lowest BCUT2D eigenvalue weighted by Gasteiger charge is -2.10. The number of amides is 1. The van der Waals surface area contributed by atoms with Crippen LogP contribution in [0.2, 0.25) is 0 Å². The second kappa shape index (κ2) is 6.84. The first-order valence-corrected chi connectivity index (χ1v) is 8.95. The number of H-pyrrole nitrogens is 1. The number of nitrogens with one attached hydrogen (secondary N) is 2. The summed E-state index contributed by atoms with van der Waals surface area (Å²) in [5.41, 5.74) is 5.04. The van der Waals surface area contributed by atoms with Gasteiger partial charge in [0.1, 0.15) is 5.76 Å². The van der Waals surface area contributed by atoms with Gasteiger partial charge >= 0.3 is 5.69 Å². The Kier molecular flexibility index (Phi) is 4.35. The normalized spacial score (nSPS) is 11.1. The summed E-state index contributed by atoms with van der Waals surface area (Å²) in [6.07, 6.45) is 0.